The molecule has 0 spiro atoms. The van der Waals surface area contributed by atoms with Gasteiger partial charge < -0.3 is 10.0 Å². The lowest BCUT2D eigenvalue weighted by Gasteiger charge is -2.31. The summed E-state index contributed by atoms with van der Waals surface area (Å²) in [6, 6.07) is 23.7. The summed E-state index contributed by atoms with van der Waals surface area (Å²) < 4.78 is 0. The van der Waals surface area contributed by atoms with Crippen molar-refractivity contribution in [1.82, 2.24) is 0 Å². The number of aromatic hydroxyl groups is 1. The zero-order chi connectivity index (χ0) is 17.2. The molecule has 3 aromatic carbocycles. The summed E-state index contributed by atoms with van der Waals surface area (Å²) in [6.45, 7) is 3.29. The second-order valence-electron chi connectivity index (χ2n) is 7.04. The van der Waals surface area contributed by atoms with Crippen LogP contribution in [0, 0.1) is 0 Å². The molecule has 1 fully saturated rings. The van der Waals surface area contributed by atoms with Crippen LogP contribution < -0.4 is 4.90 Å². The number of rotatable bonds is 4. The first kappa shape index (κ1) is 16.0. The van der Waals surface area contributed by atoms with Gasteiger partial charge in [-0.3, -0.25) is 0 Å². The van der Waals surface area contributed by atoms with Gasteiger partial charge in [0.1, 0.15) is 5.75 Å². The molecular formula is C23H25NO. The number of phenolic OH excluding ortho intramolecular Hbond substituents is 1. The van der Waals surface area contributed by atoms with Crippen LogP contribution in [0.15, 0.2) is 66.7 Å². The third-order valence-corrected chi connectivity index (χ3v) is 5.63. The molecule has 2 heteroatoms. The fourth-order valence-electron chi connectivity index (χ4n) is 4.37. The summed E-state index contributed by atoms with van der Waals surface area (Å²) in [6.07, 6.45) is 3.63. The van der Waals surface area contributed by atoms with Crippen molar-refractivity contribution in [2.75, 3.05) is 11.4 Å². The van der Waals surface area contributed by atoms with Crippen molar-refractivity contribution >= 4 is 16.5 Å². The van der Waals surface area contributed by atoms with Crippen LogP contribution in [0.2, 0.25) is 0 Å². The number of fused-ring (bicyclic) bond motifs is 1. The Morgan fingerprint density at radius 3 is 2.48 bits per heavy atom. The predicted octanol–water partition coefficient (Wildman–Crippen LogP) is 5.71. The highest BCUT2D eigenvalue weighted by atomic mass is 16.3. The molecule has 2 atom stereocenters. The third-order valence-electron chi connectivity index (χ3n) is 5.63. The van der Waals surface area contributed by atoms with E-state index in [0.29, 0.717) is 17.7 Å². The lowest BCUT2D eigenvalue weighted by Crippen LogP contribution is -2.33. The van der Waals surface area contributed by atoms with E-state index < -0.39 is 0 Å². The normalized spacial score (nSPS) is 20.0. The Labute approximate surface area is 149 Å². The average Bonchev–Trinajstić information content (AvgIpc) is 3.13. The zero-order valence-electron chi connectivity index (χ0n) is 14.7. The molecule has 128 valence electrons. The van der Waals surface area contributed by atoms with Crippen molar-refractivity contribution in [3.8, 4) is 5.75 Å². The summed E-state index contributed by atoms with van der Waals surface area (Å²) >= 11 is 0. The van der Waals surface area contributed by atoms with Gasteiger partial charge >= 0.3 is 0 Å². The van der Waals surface area contributed by atoms with Crippen LogP contribution in [0.3, 0.4) is 0 Å². The monoisotopic (exact) mass is 331 g/mol. The van der Waals surface area contributed by atoms with Gasteiger partial charge in [0.05, 0.1) is 0 Å². The van der Waals surface area contributed by atoms with E-state index in [2.05, 4.69) is 66.4 Å². The van der Waals surface area contributed by atoms with Crippen LogP contribution in [0.4, 0.5) is 5.69 Å². The van der Waals surface area contributed by atoms with Gasteiger partial charge in [-0.2, -0.15) is 0 Å². The number of nitrogens with zero attached hydrogens (tertiary/aromatic N) is 1. The van der Waals surface area contributed by atoms with E-state index in [9.17, 15) is 5.11 Å². The largest absolute Gasteiger partial charge is 0.508 e. The fourth-order valence-corrected chi connectivity index (χ4v) is 4.37. The molecule has 4 rings (SSSR count). The van der Waals surface area contributed by atoms with E-state index in [-0.39, 0.29) is 0 Å². The van der Waals surface area contributed by atoms with Gasteiger partial charge in [-0.05, 0) is 61.3 Å². The van der Waals surface area contributed by atoms with E-state index in [1.54, 1.807) is 0 Å². The molecule has 0 heterocycles. The van der Waals surface area contributed by atoms with E-state index in [0.717, 1.165) is 6.54 Å². The van der Waals surface area contributed by atoms with Gasteiger partial charge in [0.2, 0.25) is 0 Å². The van der Waals surface area contributed by atoms with Crippen molar-refractivity contribution in [1.29, 1.82) is 0 Å². The minimum atomic E-state index is 0.351. The van der Waals surface area contributed by atoms with Gasteiger partial charge in [-0.15, -0.1) is 0 Å². The van der Waals surface area contributed by atoms with Gasteiger partial charge in [0, 0.05) is 23.7 Å². The minimum absolute atomic E-state index is 0.351. The van der Waals surface area contributed by atoms with Crippen LogP contribution in [-0.4, -0.2) is 17.7 Å². The summed E-state index contributed by atoms with van der Waals surface area (Å²) in [7, 11) is 0. The number of anilines is 1. The summed E-state index contributed by atoms with van der Waals surface area (Å²) in [5.74, 6) is 0.943. The predicted molar refractivity (Wildman–Crippen MR) is 105 cm³/mol. The van der Waals surface area contributed by atoms with Crippen LogP contribution >= 0.6 is 0 Å². The molecule has 25 heavy (non-hydrogen) atoms. The standard InChI is InChI=1S/C23H25NO/c1-2-24(23-9-5-7-18-6-3-4-8-22(18)23)20-13-10-19(16-20)17-11-14-21(25)15-12-17/h3-9,11-12,14-15,19-20,25H,2,10,13,16H2,1H3. The van der Waals surface area contributed by atoms with Crippen LogP contribution in [-0.2, 0) is 0 Å². The molecule has 0 amide bonds. The fraction of sp³-hybridized carbons (Fsp3) is 0.304. The molecule has 2 nitrogen and oxygen atoms in total. The number of phenols is 1. The van der Waals surface area contributed by atoms with E-state index >= 15 is 0 Å². The number of hydrogen-bond donors (Lipinski definition) is 1. The second-order valence-corrected chi connectivity index (χ2v) is 7.04. The second kappa shape index (κ2) is 6.79. The Hall–Kier alpha value is -2.48. The molecule has 0 aromatic heterocycles. The molecule has 2 unspecified atom stereocenters. The third kappa shape index (κ3) is 3.09. The maximum Gasteiger partial charge on any atom is 0.115 e. The highest BCUT2D eigenvalue weighted by Crippen LogP contribution is 2.40. The van der Waals surface area contributed by atoms with Gasteiger partial charge in [-0.1, -0.05) is 48.5 Å². The molecule has 0 aliphatic heterocycles. The highest BCUT2D eigenvalue weighted by molar-refractivity contribution is 5.94. The Balaban J connectivity index is 1.60. The summed E-state index contributed by atoms with van der Waals surface area (Å²) in [5, 5.41) is 12.2. The molecule has 1 aliphatic carbocycles. The van der Waals surface area contributed by atoms with E-state index in [1.165, 1.54) is 41.3 Å². The first-order valence-corrected chi connectivity index (χ1v) is 9.29. The molecule has 1 saturated carbocycles. The van der Waals surface area contributed by atoms with Crippen molar-refractivity contribution in [3.63, 3.8) is 0 Å². The van der Waals surface area contributed by atoms with Gasteiger partial charge in [0.15, 0.2) is 0 Å². The Morgan fingerprint density at radius 1 is 0.920 bits per heavy atom. The zero-order valence-corrected chi connectivity index (χ0v) is 14.7. The van der Waals surface area contributed by atoms with Crippen molar-refractivity contribution < 1.29 is 5.11 Å². The van der Waals surface area contributed by atoms with E-state index in [4.69, 9.17) is 0 Å². The Morgan fingerprint density at radius 2 is 1.68 bits per heavy atom. The Bertz CT molecular complexity index is 850. The lowest BCUT2D eigenvalue weighted by molar-refractivity contribution is 0.475. The number of hydrogen-bond acceptors (Lipinski definition) is 2. The van der Waals surface area contributed by atoms with Crippen molar-refractivity contribution in [2.45, 2.75) is 38.1 Å². The van der Waals surface area contributed by atoms with Gasteiger partial charge in [-0.25, -0.2) is 0 Å². The smallest absolute Gasteiger partial charge is 0.115 e. The molecule has 0 saturated heterocycles. The average molecular weight is 331 g/mol. The van der Waals surface area contributed by atoms with Gasteiger partial charge in [0.25, 0.3) is 0 Å². The van der Waals surface area contributed by atoms with E-state index in [1.807, 2.05) is 12.1 Å². The molecule has 0 radical (unpaired) electrons. The molecule has 1 N–H and O–H groups in total. The maximum absolute atomic E-state index is 9.52. The quantitative estimate of drug-likeness (QED) is 0.662. The van der Waals surface area contributed by atoms with Crippen LogP contribution in [0.1, 0.15) is 37.7 Å². The Kier molecular flexibility index (Phi) is 4.35. The molecular weight excluding hydrogens is 306 g/mol. The summed E-state index contributed by atoms with van der Waals surface area (Å²) in [4.78, 5) is 2.59. The maximum atomic E-state index is 9.52. The topological polar surface area (TPSA) is 23.5 Å². The van der Waals surface area contributed by atoms with Crippen LogP contribution in [0.25, 0.3) is 10.8 Å². The van der Waals surface area contributed by atoms with Crippen molar-refractivity contribution in [3.05, 3.63) is 72.3 Å². The first-order valence-electron chi connectivity index (χ1n) is 9.29. The number of benzene rings is 3. The van der Waals surface area contributed by atoms with Crippen molar-refractivity contribution in [2.24, 2.45) is 0 Å². The molecule has 0 bridgehead atoms. The highest BCUT2D eigenvalue weighted by Gasteiger charge is 2.30. The minimum Gasteiger partial charge on any atom is -0.508 e. The lowest BCUT2D eigenvalue weighted by atomic mass is 9.97. The van der Waals surface area contributed by atoms with Crippen LogP contribution in [0.5, 0.6) is 5.75 Å². The summed E-state index contributed by atoms with van der Waals surface area (Å²) in [5.41, 5.74) is 2.71. The SMILES string of the molecule is CCN(c1cccc2ccccc12)C1CCC(c2ccc(O)cc2)C1. The first-order chi connectivity index (χ1) is 12.3. The molecule has 1 aliphatic rings. The molecule has 3 aromatic rings.